The normalized spacial score (nSPS) is 30.3. The van der Waals surface area contributed by atoms with Gasteiger partial charge in [0.2, 0.25) is 0 Å². The second-order valence-electron chi connectivity index (χ2n) is 23.1. The maximum absolute atomic E-state index is 7.45. The molecular formula is C48H97N16P5. The molecule has 394 valence electrons. The van der Waals surface area contributed by atoms with Crippen molar-refractivity contribution in [3.63, 3.8) is 0 Å². The summed E-state index contributed by atoms with van der Waals surface area (Å²) < 4.78 is 66.6. The van der Waals surface area contributed by atoms with Gasteiger partial charge >= 0.3 is 423 Å². The van der Waals surface area contributed by atoms with E-state index in [-0.39, 0.29) is 0 Å². The van der Waals surface area contributed by atoms with Crippen LogP contribution in [0.3, 0.4) is 0 Å². The van der Waals surface area contributed by atoms with Crippen molar-refractivity contribution in [2.45, 2.75) is 154 Å². The molecule has 21 heteroatoms. The first-order chi connectivity index (χ1) is 34.1. The molecule has 0 N–H and O–H groups in total. The van der Waals surface area contributed by atoms with Crippen LogP contribution in [0.25, 0.3) is 0 Å². The van der Waals surface area contributed by atoms with E-state index < -0.39 is 37.9 Å². The predicted octanol–water partition coefficient (Wildman–Crippen LogP) is 11.3. The van der Waals surface area contributed by atoms with E-state index >= 15 is 0 Å². The molecule has 12 aliphatic rings. The third-order valence-corrected chi connectivity index (χ3v) is 41.1. The zero-order chi connectivity index (χ0) is 46.2. The number of hydrogen-bond donors (Lipinski definition) is 0. The molecule has 12 saturated heterocycles. The molecule has 0 bridgehead atoms. The quantitative estimate of drug-likeness (QED) is 0.138. The van der Waals surface area contributed by atoms with Gasteiger partial charge in [-0.05, 0) is 0 Å². The summed E-state index contributed by atoms with van der Waals surface area (Å²) in [6.07, 6.45) is 31.1. The van der Waals surface area contributed by atoms with Crippen molar-refractivity contribution in [1.82, 2.24) is 56.0 Å². The van der Waals surface area contributed by atoms with Gasteiger partial charge in [0.15, 0.2) is 0 Å². The van der Waals surface area contributed by atoms with Crippen molar-refractivity contribution in [2.24, 2.45) is 18.1 Å². The van der Waals surface area contributed by atoms with Gasteiger partial charge in [0.05, 0.1) is 0 Å². The Hall–Kier alpha value is 0.870. The van der Waals surface area contributed by atoms with Crippen LogP contribution in [0.15, 0.2) is 18.1 Å². The van der Waals surface area contributed by atoms with Crippen LogP contribution >= 0.6 is 37.9 Å². The fourth-order valence-corrected chi connectivity index (χ4v) is 44.4. The van der Waals surface area contributed by atoms with Gasteiger partial charge in [0.1, 0.15) is 0 Å². The molecule has 0 saturated carbocycles. The molecule has 0 radical (unpaired) electrons. The summed E-state index contributed by atoms with van der Waals surface area (Å²) in [5, 5.41) is 0. The predicted molar refractivity (Wildman–Crippen MR) is 295 cm³/mol. The summed E-state index contributed by atoms with van der Waals surface area (Å²) in [5.41, 5.74) is 0. The summed E-state index contributed by atoms with van der Waals surface area (Å²) in [7, 11) is -14.0. The fourth-order valence-electron chi connectivity index (χ4n) is 15.4. The first-order valence-electron chi connectivity index (χ1n) is 29.7. The average Bonchev–Trinajstić information content (AvgIpc) is 4.22. The molecule has 0 unspecified atom stereocenters. The third kappa shape index (κ3) is 9.41. The van der Waals surface area contributed by atoms with Gasteiger partial charge in [-0.1, -0.05) is 0 Å². The van der Waals surface area contributed by atoms with Crippen molar-refractivity contribution in [2.75, 3.05) is 157 Å². The topological polar surface area (TPSA) is 88.3 Å². The first kappa shape index (κ1) is 50.7. The molecule has 69 heavy (non-hydrogen) atoms. The zero-order valence-corrected chi connectivity index (χ0v) is 48.0. The van der Waals surface area contributed by atoms with E-state index in [9.17, 15) is 0 Å². The standard InChI is InChI=1S/C48H97N16P5/c1-2-26-53(25-1)66(54-27-3-4-28-54,55-29-5-6-30-55)49-65(50-67(56-31-7-8-32-56,57-33-9-10-34-57)58-35-11-12-36-58,51-68(59-37-13-14-38-59,60-39-15-16-40-60)61-41-17-18-42-61)52-69(62-43-19-20-44-62,63-45-21-22-46-63)64-47-23-24-48-64/h65H,1-48H2. The molecule has 0 aromatic carbocycles. The van der Waals surface area contributed by atoms with Crippen LogP contribution in [-0.4, -0.2) is 213 Å². The monoisotopic (exact) mass is 1050 g/mol. The summed E-state index contributed by atoms with van der Waals surface area (Å²) in [5.74, 6) is 0. The van der Waals surface area contributed by atoms with Crippen molar-refractivity contribution in [3.05, 3.63) is 0 Å². The molecule has 0 atom stereocenters. The Labute approximate surface area is 421 Å². The van der Waals surface area contributed by atoms with Crippen molar-refractivity contribution in [1.29, 1.82) is 0 Å². The van der Waals surface area contributed by atoms with Crippen LogP contribution in [0.4, 0.5) is 0 Å². The molecule has 0 amide bonds. The molecule has 12 rings (SSSR count). The van der Waals surface area contributed by atoms with Gasteiger partial charge < -0.3 is 0 Å². The van der Waals surface area contributed by atoms with Gasteiger partial charge in [-0.2, -0.15) is 0 Å². The minimum atomic E-state index is -3.95. The van der Waals surface area contributed by atoms with E-state index in [2.05, 4.69) is 56.0 Å². The molecule has 0 spiro atoms. The summed E-state index contributed by atoms with van der Waals surface area (Å²) in [6.45, 7) is 28.2. The Morgan fingerprint density at radius 1 is 0.159 bits per heavy atom. The van der Waals surface area contributed by atoms with Gasteiger partial charge in [-0.15, -0.1) is 0 Å². The van der Waals surface area contributed by atoms with E-state index in [0.717, 1.165) is 0 Å². The summed E-state index contributed by atoms with van der Waals surface area (Å²) in [6, 6.07) is 0. The van der Waals surface area contributed by atoms with Crippen LogP contribution in [-0.2, 0) is 0 Å². The van der Waals surface area contributed by atoms with E-state index in [0.29, 0.717) is 0 Å². The number of hydrogen-bond acceptors (Lipinski definition) is 4. The third-order valence-electron chi connectivity index (χ3n) is 18.6. The molecule has 12 aliphatic heterocycles. The molecule has 12 fully saturated rings. The van der Waals surface area contributed by atoms with Gasteiger partial charge in [-0.25, -0.2) is 0 Å². The van der Waals surface area contributed by atoms with Crippen LogP contribution in [0.2, 0.25) is 0 Å². The van der Waals surface area contributed by atoms with E-state index in [4.69, 9.17) is 18.1 Å². The van der Waals surface area contributed by atoms with Crippen LogP contribution in [0.1, 0.15) is 154 Å². The summed E-state index contributed by atoms with van der Waals surface area (Å²) in [4.78, 5) is 0. The average molecular weight is 1050 g/mol. The second kappa shape index (κ2) is 22.5. The van der Waals surface area contributed by atoms with Crippen LogP contribution < -0.4 is 0 Å². The molecular weight excluding hydrogens is 956 g/mol. The minimum absolute atomic E-state index is 1.18. The van der Waals surface area contributed by atoms with E-state index in [1.165, 1.54) is 311 Å². The Kier molecular flexibility index (Phi) is 16.5. The van der Waals surface area contributed by atoms with Crippen LogP contribution in [0, 0.1) is 0 Å². The zero-order valence-electron chi connectivity index (χ0n) is 43.4. The molecule has 0 aromatic rings. The fraction of sp³-hybridized carbons (Fsp3) is 1.00. The Morgan fingerprint density at radius 2 is 0.246 bits per heavy atom. The van der Waals surface area contributed by atoms with Gasteiger partial charge in [0.25, 0.3) is 0 Å². The van der Waals surface area contributed by atoms with Crippen molar-refractivity contribution < 1.29 is 0 Å². The van der Waals surface area contributed by atoms with Crippen LogP contribution in [0.5, 0.6) is 0 Å². The SMILES string of the molecule is C1CCN(P(=N[PH](N=P(N2CCCC2)(N2CCCC2)N2CCCC2)(N=P(N2CCCC2)(N2CCCC2)N2CCCC2)N=P(N2CCCC2)(N2CCCC2)N2CCCC2)(N2CCCC2)N2CCCC2)C1. The first-order valence-corrected chi connectivity index (χ1v) is 37.9. The van der Waals surface area contributed by atoms with Gasteiger partial charge in [-0.3, -0.25) is 0 Å². The molecule has 16 nitrogen and oxygen atoms in total. The summed E-state index contributed by atoms with van der Waals surface area (Å²) >= 11 is 0. The van der Waals surface area contributed by atoms with Crippen molar-refractivity contribution >= 4 is 37.9 Å². The Balaban J connectivity index is 1.31. The van der Waals surface area contributed by atoms with E-state index in [1.54, 1.807) is 0 Å². The molecule has 0 aromatic heterocycles. The Morgan fingerprint density at radius 3 is 0.333 bits per heavy atom. The maximum atomic E-state index is 7.45. The molecule has 12 heterocycles. The van der Waals surface area contributed by atoms with E-state index in [1.807, 2.05) is 0 Å². The van der Waals surface area contributed by atoms with Gasteiger partial charge in [0, 0.05) is 0 Å². The van der Waals surface area contributed by atoms with Crippen molar-refractivity contribution in [3.8, 4) is 0 Å². The number of nitrogens with zero attached hydrogens (tertiary/aromatic N) is 16. The second-order valence-corrected chi connectivity index (χ2v) is 38.6. The number of rotatable bonds is 16. The Bertz CT molecular complexity index is 1470. The molecule has 0 aliphatic carbocycles.